The summed E-state index contributed by atoms with van der Waals surface area (Å²) in [7, 11) is 0. The summed E-state index contributed by atoms with van der Waals surface area (Å²) < 4.78 is 5.97. The molecule has 0 bridgehead atoms. The Balaban J connectivity index is 1.65. The minimum Gasteiger partial charge on any atom is -0.396 e. The van der Waals surface area contributed by atoms with Crippen molar-refractivity contribution in [3.8, 4) is 0 Å². The van der Waals surface area contributed by atoms with E-state index in [-0.39, 0.29) is 25.0 Å². The second-order valence-corrected chi connectivity index (χ2v) is 6.24. The third-order valence-corrected chi connectivity index (χ3v) is 4.77. The molecule has 2 aliphatic heterocycles. The number of likely N-dealkylation sites (tertiary alicyclic amines) is 1. The fourth-order valence-electron chi connectivity index (χ4n) is 3.59. The van der Waals surface area contributed by atoms with E-state index < -0.39 is 0 Å². The largest absolute Gasteiger partial charge is 0.396 e. The summed E-state index contributed by atoms with van der Waals surface area (Å²) in [4.78, 5) is 20.6. The molecule has 2 saturated heterocycles. The molecule has 2 aliphatic rings. The van der Waals surface area contributed by atoms with Gasteiger partial charge in [0.25, 0.3) is 0 Å². The van der Waals surface area contributed by atoms with E-state index in [0.29, 0.717) is 6.04 Å². The van der Waals surface area contributed by atoms with Crippen molar-refractivity contribution in [2.24, 2.45) is 0 Å². The highest BCUT2D eigenvalue weighted by Crippen LogP contribution is 2.25. The Kier molecular flexibility index (Phi) is 5.59. The average molecular weight is 319 g/mol. The molecule has 0 aliphatic carbocycles. The number of nitrogens with zero attached hydrogens (tertiary/aromatic N) is 3. The van der Waals surface area contributed by atoms with Gasteiger partial charge < -0.3 is 14.7 Å². The Morgan fingerprint density at radius 1 is 1.35 bits per heavy atom. The fraction of sp³-hybridized carbons (Fsp3) is 0.647. The van der Waals surface area contributed by atoms with Gasteiger partial charge in [-0.3, -0.25) is 14.7 Å². The summed E-state index contributed by atoms with van der Waals surface area (Å²) in [6.45, 7) is 3.93. The molecule has 2 atom stereocenters. The first-order valence-corrected chi connectivity index (χ1v) is 8.41. The Hall–Kier alpha value is -1.50. The summed E-state index contributed by atoms with van der Waals surface area (Å²) in [6, 6.07) is 4.41. The van der Waals surface area contributed by atoms with Gasteiger partial charge in [-0.15, -0.1) is 0 Å². The van der Waals surface area contributed by atoms with E-state index in [9.17, 15) is 4.79 Å². The standard InChI is InChI=1S/C17H25N3O3/c21-10-5-17(22)19-7-3-15-16(4-8-19)23-11-9-20(15)13-14-2-1-6-18-12-14/h1-2,6,12,15-16,21H,3-5,7-11,13H2. The van der Waals surface area contributed by atoms with Gasteiger partial charge in [-0.05, 0) is 24.5 Å². The van der Waals surface area contributed by atoms with Crippen LogP contribution in [0.4, 0.5) is 0 Å². The maximum atomic E-state index is 12.0. The van der Waals surface area contributed by atoms with Gasteiger partial charge in [-0.2, -0.15) is 0 Å². The van der Waals surface area contributed by atoms with Gasteiger partial charge in [0.1, 0.15) is 0 Å². The number of morpholine rings is 1. The molecule has 6 heteroatoms. The second-order valence-electron chi connectivity index (χ2n) is 6.24. The Morgan fingerprint density at radius 3 is 3.00 bits per heavy atom. The molecule has 23 heavy (non-hydrogen) atoms. The van der Waals surface area contributed by atoms with Crippen molar-refractivity contribution in [1.82, 2.24) is 14.8 Å². The van der Waals surface area contributed by atoms with E-state index in [1.807, 2.05) is 17.2 Å². The smallest absolute Gasteiger partial charge is 0.224 e. The number of hydrogen-bond acceptors (Lipinski definition) is 5. The molecule has 6 nitrogen and oxygen atoms in total. The molecule has 1 aromatic rings. The van der Waals surface area contributed by atoms with Crippen molar-refractivity contribution in [2.75, 3.05) is 32.8 Å². The van der Waals surface area contributed by atoms with Crippen LogP contribution in [0.1, 0.15) is 24.8 Å². The van der Waals surface area contributed by atoms with Gasteiger partial charge in [0.05, 0.1) is 19.3 Å². The second kappa shape index (κ2) is 7.86. The van der Waals surface area contributed by atoms with Crippen molar-refractivity contribution in [3.63, 3.8) is 0 Å². The third-order valence-electron chi connectivity index (χ3n) is 4.77. The van der Waals surface area contributed by atoms with Crippen LogP contribution in [0.25, 0.3) is 0 Å². The van der Waals surface area contributed by atoms with Crippen molar-refractivity contribution < 1.29 is 14.6 Å². The first-order valence-electron chi connectivity index (χ1n) is 8.41. The summed E-state index contributed by atoms with van der Waals surface area (Å²) in [6.07, 6.45) is 5.90. The summed E-state index contributed by atoms with van der Waals surface area (Å²) in [5, 5.41) is 8.96. The van der Waals surface area contributed by atoms with Gasteiger partial charge in [-0.25, -0.2) is 0 Å². The Labute approximate surface area is 137 Å². The van der Waals surface area contributed by atoms with Gasteiger partial charge >= 0.3 is 0 Å². The molecule has 2 fully saturated rings. The van der Waals surface area contributed by atoms with Crippen LogP contribution in [0.2, 0.25) is 0 Å². The van der Waals surface area contributed by atoms with Crippen molar-refractivity contribution >= 4 is 5.91 Å². The van der Waals surface area contributed by atoms with Crippen LogP contribution in [-0.4, -0.2) is 70.8 Å². The van der Waals surface area contributed by atoms with Gasteiger partial charge in [0, 0.05) is 51.0 Å². The SMILES string of the molecule is O=C(CCO)N1CCC2OCCN(Cc3cccnc3)C2CC1. The first-order chi connectivity index (χ1) is 11.3. The van der Waals surface area contributed by atoms with Crippen LogP contribution in [0.5, 0.6) is 0 Å². The first kappa shape index (κ1) is 16.4. The normalized spacial score (nSPS) is 25.7. The van der Waals surface area contributed by atoms with E-state index in [0.717, 1.165) is 45.6 Å². The lowest BCUT2D eigenvalue weighted by molar-refractivity contribution is -0.131. The molecule has 2 unspecified atom stereocenters. The molecule has 1 amide bonds. The number of rotatable bonds is 4. The average Bonchev–Trinajstić information content (AvgIpc) is 2.79. The predicted octanol–water partition coefficient (Wildman–Crippen LogP) is 0.656. The zero-order valence-electron chi connectivity index (χ0n) is 13.4. The highest BCUT2D eigenvalue weighted by molar-refractivity contribution is 5.76. The van der Waals surface area contributed by atoms with Gasteiger partial charge in [0.2, 0.25) is 5.91 Å². The summed E-state index contributed by atoms with van der Waals surface area (Å²) >= 11 is 0. The van der Waals surface area contributed by atoms with E-state index in [2.05, 4.69) is 16.0 Å². The molecule has 1 aromatic heterocycles. The van der Waals surface area contributed by atoms with E-state index in [4.69, 9.17) is 9.84 Å². The summed E-state index contributed by atoms with van der Waals surface area (Å²) in [5.74, 6) is 0.0463. The Morgan fingerprint density at radius 2 is 2.22 bits per heavy atom. The summed E-state index contributed by atoms with van der Waals surface area (Å²) in [5.41, 5.74) is 1.21. The van der Waals surface area contributed by atoms with E-state index in [1.165, 1.54) is 5.56 Å². The van der Waals surface area contributed by atoms with Crippen LogP contribution in [0.3, 0.4) is 0 Å². The zero-order valence-corrected chi connectivity index (χ0v) is 13.4. The number of aliphatic hydroxyl groups is 1. The predicted molar refractivity (Wildman–Crippen MR) is 85.7 cm³/mol. The molecule has 1 N–H and O–H groups in total. The highest BCUT2D eigenvalue weighted by Gasteiger charge is 2.35. The number of aliphatic hydroxyl groups excluding tert-OH is 1. The maximum Gasteiger partial charge on any atom is 0.224 e. The lowest BCUT2D eigenvalue weighted by Crippen LogP contribution is -2.50. The number of ether oxygens (including phenoxy) is 1. The van der Waals surface area contributed by atoms with Crippen molar-refractivity contribution in [2.45, 2.75) is 38.0 Å². The molecule has 126 valence electrons. The molecule has 3 rings (SSSR count). The van der Waals surface area contributed by atoms with Gasteiger partial charge in [-0.1, -0.05) is 6.07 Å². The van der Waals surface area contributed by atoms with Gasteiger partial charge in [0.15, 0.2) is 0 Å². The molecule has 0 saturated carbocycles. The number of pyridine rings is 1. The fourth-order valence-corrected chi connectivity index (χ4v) is 3.59. The number of amides is 1. The lowest BCUT2D eigenvalue weighted by atomic mass is 10.0. The van der Waals surface area contributed by atoms with E-state index in [1.54, 1.807) is 6.20 Å². The topological polar surface area (TPSA) is 65.9 Å². The number of aromatic nitrogens is 1. The number of fused-ring (bicyclic) bond motifs is 1. The van der Waals surface area contributed by atoms with Crippen LogP contribution < -0.4 is 0 Å². The quantitative estimate of drug-likeness (QED) is 0.883. The Bertz CT molecular complexity index is 511. The monoisotopic (exact) mass is 319 g/mol. The van der Waals surface area contributed by atoms with E-state index >= 15 is 0 Å². The van der Waals surface area contributed by atoms with Crippen LogP contribution >= 0.6 is 0 Å². The number of carbonyl (C=O) groups is 1. The molecule has 0 aromatic carbocycles. The molecule has 3 heterocycles. The molecule has 0 radical (unpaired) electrons. The van der Waals surface area contributed by atoms with Crippen molar-refractivity contribution in [1.29, 1.82) is 0 Å². The zero-order chi connectivity index (χ0) is 16.1. The van der Waals surface area contributed by atoms with Crippen LogP contribution in [0, 0.1) is 0 Å². The molecular formula is C17H25N3O3. The maximum absolute atomic E-state index is 12.0. The lowest BCUT2D eigenvalue weighted by Gasteiger charge is -2.40. The molecule has 0 spiro atoms. The minimum atomic E-state index is -0.0776. The van der Waals surface area contributed by atoms with Crippen LogP contribution in [0.15, 0.2) is 24.5 Å². The van der Waals surface area contributed by atoms with Crippen molar-refractivity contribution in [3.05, 3.63) is 30.1 Å². The highest BCUT2D eigenvalue weighted by atomic mass is 16.5. The number of hydrogen-bond donors (Lipinski definition) is 1. The minimum absolute atomic E-state index is 0.0463. The third kappa shape index (κ3) is 4.07. The molecular weight excluding hydrogens is 294 g/mol. The number of carbonyl (C=O) groups excluding carboxylic acids is 1. The van der Waals surface area contributed by atoms with Crippen LogP contribution in [-0.2, 0) is 16.1 Å².